The topological polar surface area (TPSA) is 17.1 Å². The van der Waals surface area contributed by atoms with Gasteiger partial charge in [0, 0.05) is 5.56 Å². The molecule has 2 heteroatoms. The van der Waals surface area contributed by atoms with E-state index in [1.165, 1.54) is 22.3 Å². The molecule has 0 aromatic heterocycles. The second-order valence-corrected chi connectivity index (χ2v) is 6.08. The monoisotopic (exact) mass is 284 g/mol. The molecule has 104 valence electrons. The van der Waals surface area contributed by atoms with Crippen molar-refractivity contribution in [2.45, 2.75) is 34.6 Å². The van der Waals surface area contributed by atoms with Gasteiger partial charge in [-0.25, -0.2) is 4.21 Å². The zero-order valence-corrected chi connectivity index (χ0v) is 13.5. The number of hydrogen-bond acceptors (Lipinski definition) is 1. The van der Waals surface area contributed by atoms with Crippen LogP contribution in [-0.2, 0) is 11.3 Å². The quantitative estimate of drug-likeness (QED) is 0.601. The Morgan fingerprint density at radius 3 is 1.95 bits per heavy atom. The molecule has 0 saturated carbocycles. The number of hydrogen-bond donors (Lipinski definition) is 0. The van der Waals surface area contributed by atoms with Crippen LogP contribution < -0.4 is 0 Å². The summed E-state index contributed by atoms with van der Waals surface area (Å²) < 4.78 is 11.8. The van der Waals surface area contributed by atoms with Crippen LogP contribution in [0.2, 0.25) is 0 Å². The highest BCUT2D eigenvalue weighted by molar-refractivity contribution is 7.67. The summed E-state index contributed by atoms with van der Waals surface area (Å²) in [5.74, 6) is 0. The predicted molar refractivity (Wildman–Crippen MR) is 87.9 cm³/mol. The number of aryl methyl sites for hydroxylation is 5. The Morgan fingerprint density at radius 1 is 0.800 bits per heavy atom. The molecule has 20 heavy (non-hydrogen) atoms. The summed E-state index contributed by atoms with van der Waals surface area (Å²) in [7, 11) is 0. The third kappa shape index (κ3) is 2.75. The minimum Gasteiger partial charge on any atom is -0.212 e. The van der Waals surface area contributed by atoms with Crippen molar-refractivity contribution in [1.82, 2.24) is 0 Å². The molecule has 0 aliphatic heterocycles. The maximum absolute atomic E-state index is 11.8. The molecule has 2 rings (SSSR count). The first-order valence-electron chi connectivity index (χ1n) is 6.76. The van der Waals surface area contributed by atoms with E-state index in [0.29, 0.717) is 11.3 Å². The zero-order valence-electron chi connectivity index (χ0n) is 12.7. The van der Waals surface area contributed by atoms with Gasteiger partial charge in [0.05, 0.1) is 16.1 Å². The molecular formula is C18H20OS. The third-order valence-corrected chi connectivity index (χ3v) is 4.22. The van der Waals surface area contributed by atoms with Gasteiger partial charge in [0.25, 0.3) is 0 Å². The maximum Gasteiger partial charge on any atom is 0.0978 e. The summed E-state index contributed by atoms with van der Waals surface area (Å²) in [6.45, 7) is 10.4. The average molecular weight is 284 g/mol. The lowest BCUT2D eigenvalue weighted by Gasteiger charge is -2.14. The highest BCUT2D eigenvalue weighted by atomic mass is 32.1. The Bertz CT molecular complexity index is 699. The summed E-state index contributed by atoms with van der Waals surface area (Å²) >= 11 is 0.600. The molecule has 0 N–H and O–H groups in total. The van der Waals surface area contributed by atoms with Crippen LogP contribution in [0.4, 0.5) is 0 Å². The van der Waals surface area contributed by atoms with Crippen molar-refractivity contribution in [3.8, 4) is 0 Å². The van der Waals surface area contributed by atoms with E-state index in [9.17, 15) is 4.21 Å². The Hall–Kier alpha value is -1.67. The third-order valence-electron chi connectivity index (χ3n) is 3.63. The molecule has 0 atom stereocenters. The van der Waals surface area contributed by atoms with Gasteiger partial charge < -0.3 is 0 Å². The van der Waals surface area contributed by atoms with Gasteiger partial charge in [-0.1, -0.05) is 41.5 Å². The number of benzene rings is 2. The highest BCUT2D eigenvalue weighted by Crippen LogP contribution is 2.22. The second-order valence-electron chi connectivity index (χ2n) is 5.50. The van der Waals surface area contributed by atoms with E-state index >= 15 is 0 Å². The van der Waals surface area contributed by atoms with Gasteiger partial charge in [-0.15, -0.1) is 0 Å². The summed E-state index contributed by atoms with van der Waals surface area (Å²) in [4.78, 5) is 0.834. The van der Waals surface area contributed by atoms with Gasteiger partial charge in [0.2, 0.25) is 0 Å². The molecule has 0 radical (unpaired) electrons. The van der Waals surface area contributed by atoms with Crippen LogP contribution in [-0.4, -0.2) is 9.07 Å². The van der Waals surface area contributed by atoms with E-state index in [0.717, 1.165) is 21.6 Å². The fraction of sp³-hybridized carbons (Fsp3) is 0.278. The summed E-state index contributed by atoms with van der Waals surface area (Å²) in [6, 6.07) is 10.6. The molecule has 0 heterocycles. The van der Waals surface area contributed by atoms with Crippen molar-refractivity contribution < 1.29 is 4.21 Å². The lowest BCUT2D eigenvalue weighted by Crippen LogP contribution is -2.10. The second kappa shape index (κ2) is 5.76. The van der Waals surface area contributed by atoms with Crippen LogP contribution in [0, 0.1) is 34.6 Å². The summed E-state index contributed by atoms with van der Waals surface area (Å²) in [6.07, 6.45) is 0. The first-order valence-corrected chi connectivity index (χ1v) is 7.51. The minimum absolute atomic E-state index is 0.600. The minimum atomic E-state index is 0.600. The first-order chi connectivity index (χ1) is 9.43. The molecular weight excluding hydrogens is 264 g/mol. The molecule has 2 aromatic carbocycles. The summed E-state index contributed by atoms with van der Waals surface area (Å²) in [5, 5.41) is 0. The predicted octanol–water partition coefficient (Wildman–Crippen LogP) is 4.01. The fourth-order valence-electron chi connectivity index (χ4n) is 2.74. The largest absolute Gasteiger partial charge is 0.212 e. The number of rotatable bonds is 2. The first kappa shape index (κ1) is 14.7. The van der Waals surface area contributed by atoms with Crippen molar-refractivity contribution in [2.75, 3.05) is 0 Å². The Labute approximate surface area is 124 Å². The van der Waals surface area contributed by atoms with Gasteiger partial charge in [-0.2, -0.15) is 0 Å². The van der Waals surface area contributed by atoms with Gasteiger partial charge in [-0.3, -0.25) is 0 Å². The van der Waals surface area contributed by atoms with E-state index in [1.807, 2.05) is 0 Å². The van der Waals surface area contributed by atoms with Crippen molar-refractivity contribution in [1.29, 1.82) is 0 Å². The standard InChI is InChI=1S/C18H20OS/c1-11-6-7-13(3)16(10-11)18(20-19)17-14(4)8-12(2)9-15(17)5/h6-10H,1-5H3. The van der Waals surface area contributed by atoms with E-state index in [4.69, 9.17) is 0 Å². The molecule has 0 spiro atoms. The Morgan fingerprint density at radius 2 is 1.40 bits per heavy atom. The molecule has 1 nitrogen and oxygen atoms in total. The van der Waals surface area contributed by atoms with Crippen LogP contribution in [0.1, 0.15) is 38.9 Å². The Balaban J connectivity index is 2.72. The van der Waals surface area contributed by atoms with Gasteiger partial charge in [0.15, 0.2) is 0 Å². The maximum atomic E-state index is 11.8. The Kier molecular flexibility index (Phi) is 4.24. The van der Waals surface area contributed by atoms with E-state index in [-0.39, 0.29) is 0 Å². The van der Waals surface area contributed by atoms with Crippen LogP contribution in [0.25, 0.3) is 0 Å². The molecule has 0 aliphatic rings. The van der Waals surface area contributed by atoms with E-state index in [2.05, 4.69) is 65.0 Å². The van der Waals surface area contributed by atoms with Gasteiger partial charge in [0.1, 0.15) is 0 Å². The lowest BCUT2D eigenvalue weighted by atomic mass is 9.91. The molecule has 0 saturated heterocycles. The van der Waals surface area contributed by atoms with Crippen LogP contribution in [0.5, 0.6) is 0 Å². The molecule has 0 bridgehead atoms. The van der Waals surface area contributed by atoms with Crippen LogP contribution >= 0.6 is 0 Å². The molecule has 0 fully saturated rings. The van der Waals surface area contributed by atoms with E-state index < -0.39 is 0 Å². The lowest BCUT2D eigenvalue weighted by molar-refractivity contribution is 0.701. The highest BCUT2D eigenvalue weighted by Gasteiger charge is 2.14. The van der Waals surface area contributed by atoms with Crippen molar-refractivity contribution >= 4 is 16.1 Å². The molecule has 0 amide bonds. The van der Waals surface area contributed by atoms with Crippen molar-refractivity contribution in [2.24, 2.45) is 0 Å². The molecule has 0 aliphatic carbocycles. The van der Waals surface area contributed by atoms with Gasteiger partial charge in [-0.05, 0) is 56.9 Å². The van der Waals surface area contributed by atoms with Crippen molar-refractivity contribution in [3.63, 3.8) is 0 Å². The normalized spacial score (nSPS) is 10.4. The fourth-order valence-corrected chi connectivity index (χ4v) is 3.45. The average Bonchev–Trinajstić information content (AvgIpc) is 2.37. The van der Waals surface area contributed by atoms with Crippen LogP contribution in [0.15, 0.2) is 30.3 Å². The van der Waals surface area contributed by atoms with E-state index in [1.54, 1.807) is 0 Å². The zero-order chi connectivity index (χ0) is 14.9. The van der Waals surface area contributed by atoms with Crippen molar-refractivity contribution in [3.05, 3.63) is 69.3 Å². The molecule has 2 aromatic rings. The SMILES string of the molecule is Cc1cc(C)c(C(=S=O)c2cc(C)ccc2C)c(C)c1. The van der Waals surface area contributed by atoms with Crippen LogP contribution in [0.3, 0.4) is 0 Å². The van der Waals surface area contributed by atoms with Gasteiger partial charge >= 0.3 is 0 Å². The summed E-state index contributed by atoms with van der Waals surface area (Å²) in [5.41, 5.74) is 8.04. The smallest absolute Gasteiger partial charge is 0.0978 e. The molecule has 0 unspecified atom stereocenters.